The first-order chi connectivity index (χ1) is 25.8. The highest BCUT2D eigenvalue weighted by Gasteiger charge is 2.19. The van der Waals surface area contributed by atoms with Crippen LogP contribution in [0.15, 0.2) is 206 Å². The van der Waals surface area contributed by atoms with Crippen molar-refractivity contribution in [1.82, 2.24) is 4.57 Å². The first-order valence-electron chi connectivity index (χ1n) is 17.9. The molecule has 0 spiro atoms. The first-order valence-corrected chi connectivity index (χ1v) is 17.9. The van der Waals surface area contributed by atoms with Gasteiger partial charge < -0.3 is 9.47 Å². The van der Waals surface area contributed by atoms with Crippen molar-refractivity contribution in [2.24, 2.45) is 0 Å². The number of benzene rings is 9. The molecule has 2 nitrogen and oxygen atoms in total. The highest BCUT2D eigenvalue weighted by Crippen LogP contribution is 2.44. The van der Waals surface area contributed by atoms with Gasteiger partial charge in [-0.15, -0.1) is 0 Å². The van der Waals surface area contributed by atoms with Crippen LogP contribution in [-0.2, 0) is 0 Å². The smallest absolute Gasteiger partial charge is 0.0547 e. The van der Waals surface area contributed by atoms with E-state index in [2.05, 4.69) is 216 Å². The van der Waals surface area contributed by atoms with Crippen LogP contribution in [0.5, 0.6) is 0 Å². The van der Waals surface area contributed by atoms with Gasteiger partial charge in [0.1, 0.15) is 0 Å². The average molecular weight is 663 g/mol. The quantitative estimate of drug-likeness (QED) is 0.172. The Balaban J connectivity index is 1.16. The zero-order chi connectivity index (χ0) is 34.4. The predicted molar refractivity (Wildman–Crippen MR) is 221 cm³/mol. The van der Waals surface area contributed by atoms with E-state index in [1.54, 1.807) is 0 Å². The summed E-state index contributed by atoms with van der Waals surface area (Å²) in [6, 6.07) is 74.7. The largest absolute Gasteiger partial charge is 0.309 e. The fourth-order valence-corrected chi connectivity index (χ4v) is 8.01. The number of fused-ring (bicyclic) bond motifs is 5. The van der Waals surface area contributed by atoms with Crippen molar-refractivity contribution in [3.8, 4) is 27.9 Å². The number of rotatable bonds is 6. The van der Waals surface area contributed by atoms with Crippen LogP contribution in [0.1, 0.15) is 0 Å². The molecule has 0 amide bonds. The summed E-state index contributed by atoms with van der Waals surface area (Å²) >= 11 is 0. The van der Waals surface area contributed by atoms with Crippen LogP contribution in [-0.4, -0.2) is 4.57 Å². The van der Waals surface area contributed by atoms with Crippen molar-refractivity contribution >= 4 is 60.4 Å². The standard InChI is InChI=1S/C50H34N2/c1-2-20-39(21-3-1)51-49-28-11-10-27-45(49)46-32-31-38(34-50(46)51)42-24-9-8-23-41(42)37-19-12-22-40(33-37)52(47-29-13-17-35-15-4-6-25-43(35)47)48-30-14-18-36-16-5-7-26-44(36)48/h1-34H. The summed E-state index contributed by atoms with van der Waals surface area (Å²) in [5.74, 6) is 0. The second-order valence-corrected chi connectivity index (χ2v) is 13.3. The van der Waals surface area contributed by atoms with Crippen molar-refractivity contribution in [3.05, 3.63) is 206 Å². The van der Waals surface area contributed by atoms with Crippen molar-refractivity contribution in [2.45, 2.75) is 0 Å². The zero-order valence-corrected chi connectivity index (χ0v) is 28.5. The molecule has 0 radical (unpaired) electrons. The van der Waals surface area contributed by atoms with Gasteiger partial charge in [0.15, 0.2) is 0 Å². The lowest BCUT2D eigenvalue weighted by Crippen LogP contribution is -2.11. The molecule has 1 aromatic heterocycles. The van der Waals surface area contributed by atoms with E-state index in [-0.39, 0.29) is 0 Å². The van der Waals surface area contributed by atoms with Gasteiger partial charge in [-0.3, -0.25) is 0 Å². The van der Waals surface area contributed by atoms with Crippen LogP contribution in [0, 0.1) is 0 Å². The molecule has 0 unspecified atom stereocenters. The summed E-state index contributed by atoms with van der Waals surface area (Å²) in [7, 11) is 0. The predicted octanol–water partition coefficient (Wildman–Crippen LogP) is 13.9. The molecule has 0 aliphatic heterocycles. The maximum Gasteiger partial charge on any atom is 0.0547 e. The van der Waals surface area contributed by atoms with Gasteiger partial charge in [-0.25, -0.2) is 0 Å². The minimum Gasteiger partial charge on any atom is -0.309 e. The van der Waals surface area contributed by atoms with E-state index < -0.39 is 0 Å². The Kier molecular flexibility index (Phi) is 7.18. The molecule has 0 saturated heterocycles. The summed E-state index contributed by atoms with van der Waals surface area (Å²) in [5.41, 5.74) is 11.7. The number of hydrogen-bond donors (Lipinski definition) is 0. The third kappa shape index (κ3) is 4.96. The van der Waals surface area contributed by atoms with Crippen molar-refractivity contribution in [1.29, 1.82) is 0 Å². The molecular weight excluding hydrogens is 629 g/mol. The minimum absolute atomic E-state index is 1.11. The molecule has 2 heteroatoms. The van der Waals surface area contributed by atoms with Gasteiger partial charge >= 0.3 is 0 Å². The van der Waals surface area contributed by atoms with Gasteiger partial charge in [-0.2, -0.15) is 0 Å². The molecule has 0 aliphatic rings. The fraction of sp³-hybridized carbons (Fsp3) is 0. The molecular formula is C50H34N2. The summed E-state index contributed by atoms with van der Waals surface area (Å²) in [6.45, 7) is 0. The van der Waals surface area contributed by atoms with Crippen LogP contribution in [0.25, 0.3) is 71.3 Å². The molecule has 1 heterocycles. The van der Waals surface area contributed by atoms with E-state index in [9.17, 15) is 0 Å². The van der Waals surface area contributed by atoms with Crippen LogP contribution in [0.4, 0.5) is 17.1 Å². The van der Waals surface area contributed by atoms with E-state index in [0.717, 1.165) is 22.7 Å². The maximum absolute atomic E-state index is 2.43. The molecule has 0 fully saturated rings. The number of hydrogen-bond acceptors (Lipinski definition) is 1. The van der Waals surface area contributed by atoms with E-state index in [1.807, 2.05) is 0 Å². The Morgan fingerprint density at radius 3 is 1.54 bits per heavy atom. The molecule has 0 saturated carbocycles. The van der Waals surface area contributed by atoms with Gasteiger partial charge in [0.05, 0.1) is 22.4 Å². The van der Waals surface area contributed by atoms with E-state index >= 15 is 0 Å². The average Bonchev–Trinajstić information content (AvgIpc) is 3.55. The minimum atomic E-state index is 1.11. The third-order valence-corrected chi connectivity index (χ3v) is 10.4. The lowest BCUT2D eigenvalue weighted by molar-refractivity contribution is 1.18. The summed E-state index contributed by atoms with van der Waals surface area (Å²) in [6.07, 6.45) is 0. The Labute approximate surface area is 303 Å². The Hall–Kier alpha value is -6.90. The van der Waals surface area contributed by atoms with Crippen LogP contribution in [0.3, 0.4) is 0 Å². The van der Waals surface area contributed by atoms with Gasteiger partial charge in [-0.1, -0.05) is 158 Å². The van der Waals surface area contributed by atoms with Crippen molar-refractivity contribution in [2.75, 3.05) is 4.90 Å². The van der Waals surface area contributed by atoms with Gasteiger partial charge in [0.25, 0.3) is 0 Å². The highest BCUT2D eigenvalue weighted by molar-refractivity contribution is 6.11. The van der Waals surface area contributed by atoms with Crippen LogP contribution >= 0.6 is 0 Å². The van der Waals surface area contributed by atoms with Crippen LogP contribution < -0.4 is 4.90 Å². The lowest BCUT2D eigenvalue weighted by atomic mass is 9.93. The van der Waals surface area contributed by atoms with Crippen molar-refractivity contribution < 1.29 is 0 Å². The molecule has 0 bridgehead atoms. The fourth-order valence-electron chi connectivity index (χ4n) is 8.01. The molecule has 52 heavy (non-hydrogen) atoms. The Bertz CT molecular complexity index is 2830. The Morgan fingerprint density at radius 1 is 0.327 bits per heavy atom. The van der Waals surface area contributed by atoms with Crippen LogP contribution in [0.2, 0.25) is 0 Å². The second kappa shape index (κ2) is 12.5. The number of para-hydroxylation sites is 2. The summed E-state index contributed by atoms with van der Waals surface area (Å²) < 4.78 is 2.39. The van der Waals surface area contributed by atoms with Gasteiger partial charge in [0, 0.05) is 32.9 Å². The molecule has 0 atom stereocenters. The molecule has 10 rings (SSSR count). The normalized spacial score (nSPS) is 11.5. The summed E-state index contributed by atoms with van der Waals surface area (Å²) in [5, 5.41) is 7.38. The SMILES string of the molecule is c1ccc(-n2c3ccccc3c3ccc(-c4ccccc4-c4cccc(N(c5cccc6ccccc56)c5cccc6ccccc56)c4)cc32)cc1. The number of anilines is 3. The molecule has 0 aliphatic carbocycles. The molecule has 9 aromatic carbocycles. The molecule has 10 aromatic rings. The monoisotopic (exact) mass is 662 g/mol. The Morgan fingerprint density at radius 2 is 0.846 bits per heavy atom. The first kappa shape index (κ1) is 30.0. The zero-order valence-electron chi connectivity index (χ0n) is 28.5. The topological polar surface area (TPSA) is 8.17 Å². The highest BCUT2D eigenvalue weighted by atomic mass is 15.1. The maximum atomic E-state index is 2.43. The van der Waals surface area contributed by atoms with E-state index in [1.165, 1.54) is 65.6 Å². The molecule has 0 N–H and O–H groups in total. The van der Waals surface area contributed by atoms with E-state index in [0.29, 0.717) is 0 Å². The lowest BCUT2D eigenvalue weighted by Gasteiger charge is -2.28. The van der Waals surface area contributed by atoms with Gasteiger partial charge in [0.2, 0.25) is 0 Å². The number of aromatic nitrogens is 1. The second-order valence-electron chi connectivity index (χ2n) is 13.3. The van der Waals surface area contributed by atoms with Crippen molar-refractivity contribution in [3.63, 3.8) is 0 Å². The summed E-state index contributed by atoms with van der Waals surface area (Å²) in [4.78, 5) is 2.43. The third-order valence-electron chi connectivity index (χ3n) is 10.4. The van der Waals surface area contributed by atoms with Gasteiger partial charge in [-0.05, 0) is 81.6 Å². The number of nitrogens with zero attached hydrogens (tertiary/aromatic N) is 2. The molecule has 244 valence electrons. The van der Waals surface area contributed by atoms with E-state index in [4.69, 9.17) is 0 Å².